The highest BCUT2D eigenvalue weighted by molar-refractivity contribution is 5.82. The van der Waals surface area contributed by atoms with Crippen molar-refractivity contribution in [1.82, 2.24) is 14.9 Å². The minimum absolute atomic E-state index is 0.105. The zero-order valence-corrected chi connectivity index (χ0v) is 23.8. The minimum atomic E-state index is -0.674. The molecular formula is C33H40N4O3. The number of nitrogens with zero attached hydrogens (tertiary/aromatic N) is 2. The smallest absolute Gasteiger partial charge is 0.225 e. The Kier molecular flexibility index (Phi) is 9.74. The van der Waals surface area contributed by atoms with Crippen LogP contribution in [0.2, 0.25) is 0 Å². The number of pyridine rings is 1. The van der Waals surface area contributed by atoms with Crippen LogP contribution in [0.15, 0.2) is 79.0 Å². The molecular weight excluding hydrogens is 500 g/mol. The Hall–Kier alpha value is -3.94. The van der Waals surface area contributed by atoms with Gasteiger partial charge in [-0.2, -0.15) is 0 Å². The first-order valence-corrected chi connectivity index (χ1v) is 13.9. The van der Waals surface area contributed by atoms with Gasteiger partial charge in [-0.25, -0.2) is 4.98 Å². The number of hydrogen-bond donors (Lipinski definition) is 3. The highest BCUT2D eigenvalue weighted by Gasteiger charge is 2.21. The van der Waals surface area contributed by atoms with E-state index in [4.69, 9.17) is 10.5 Å². The maximum Gasteiger partial charge on any atom is 0.225 e. The molecule has 1 unspecified atom stereocenters. The van der Waals surface area contributed by atoms with Gasteiger partial charge in [-0.1, -0.05) is 48.5 Å². The lowest BCUT2D eigenvalue weighted by atomic mass is 9.89. The largest absolute Gasteiger partial charge is 0.494 e. The molecule has 0 bridgehead atoms. The number of aliphatic hydroxyl groups is 1. The first-order valence-electron chi connectivity index (χ1n) is 13.9. The summed E-state index contributed by atoms with van der Waals surface area (Å²) in [5.74, 6) is 0.803. The van der Waals surface area contributed by atoms with Crippen molar-refractivity contribution in [2.45, 2.75) is 58.6 Å². The SMILES string of the molecule is CCOc1ccccc1CC(C(N)=O)c1cccc(C[C@@H](C)NC[C@H](O)c2ccc(-n3c(C)ccc3C)nc2)c1. The maximum absolute atomic E-state index is 12.5. The maximum atomic E-state index is 12.5. The second kappa shape index (κ2) is 13.4. The summed E-state index contributed by atoms with van der Waals surface area (Å²) in [7, 11) is 0. The van der Waals surface area contributed by atoms with Crippen LogP contribution in [0.1, 0.15) is 59.5 Å². The number of carbonyl (C=O) groups is 1. The summed E-state index contributed by atoms with van der Waals surface area (Å²) in [6, 6.07) is 23.9. The van der Waals surface area contributed by atoms with Gasteiger partial charge >= 0.3 is 0 Å². The Morgan fingerprint density at radius 2 is 1.75 bits per heavy atom. The zero-order valence-electron chi connectivity index (χ0n) is 23.8. The van der Waals surface area contributed by atoms with Gasteiger partial charge < -0.3 is 25.5 Å². The molecule has 0 radical (unpaired) electrons. The van der Waals surface area contributed by atoms with Crippen molar-refractivity contribution in [2.24, 2.45) is 5.73 Å². The lowest BCUT2D eigenvalue weighted by molar-refractivity contribution is -0.119. The number of aromatic nitrogens is 2. The van der Waals surface area contributed by atoms with Crippen molar-refractivity contribution in [3.63, 3.8) is 0 Å². The molecule has 4 rings (SSSR count). The van der Waals surface area contributed by atoms with Crippen molar-refractivity contribution in [3.05, 3.63) is 113 Å². The molecule has 0 aliphatic carbocycles. The van der Waals surface area contributed by atoms with Gasteiger partial charge in [-0.3, -0.25) is 4.79 Å². The van der Waals surface area contributed by atoms with Gasteiger partial charge in [-0.05, 0) is 81.5 Å². The third-order valence-electron chi connectivity index (χ3n) is 7.25. The van der Waals surface area contributed by atoms with E-state index in [2.05, 4.69) is 46.1 Å². The highest BCUT2D eigenvalue weighted by atomic mass is 16.5. The number of aryl methyl sites for hydroxylation is 2. The molecule has 7 nitrogen and oxygen atoms in total. The van der Waals surface area contributed by atoms with Gasteiger partial charge in [0, 0.05) is 35.7 Å². The molecule has 3 atom stereocenters. The number of para-hydroxylation sites is 1. The van der Waals surface area contributed by atoms with Crippen LogP contribution in [0.3, 0.4) is 0 Å². The Balaban J connectivity index is 1.36. The first kappa shape index (κ1) is 29.1. The summed E-state index contributed by atoms with van der Waals surface area (Å²) in [5.41, 5.74) is 11.8. The predicted octanol–water partition coefficient (Wildman–Crippen LogP) is 4.95. The number of amides is 1. The van der Waals surface area contributed by atoms with E-state index in [1.807, 2.05) is 69.3 Å². The highest BCUT2D eigenvalue weighted by Crippen LogP contribution is 2.27. The molecule has 0 saturated carbocycles. The number of primary amides is 1. The standard InChI is InChI=1S/C33H40N4O3/c1-5-40-31-12-7-6-10-27(31)19-29(33(34)39)26-11-8-9-25(18-26)17-22(2)35-21-30(38)28-15-16-32(36-20-28)37-23(3)13-14-24(37)4/h6-16,18,20,22,29-30,35,38H,5,17,19,21H2,1-4H3,(H2,34,39)/t22-,29?,30+/m1/s1. The van der Waals surface area contributed by atoms with Crippen molar-refractivity contribution < 1.29 is 14.6 Å². The van der Waals surface area contributed by atoms with E-state index in [0.29, 0.717) is 19.6 Å². The Labute approximate surface area is 237 Å². The second-order valence-corrected chi connectivity index (χ2v) is 10.4. The fourth-order valence-corrected chi connectivity index (χ4v) is 5.12. The zero-order chi connectivity index (χ0) is 28.6. The van der Waals surface area contributed by atoms with Gasteiger partial charge in [0.1, 0.15) is 11.6 Å². The number of nitrogens with two attached hydrogens (primary N) is 1. The van der Waals surface area contributed by atoms with E-state index >= 15 is 0 Å². The quantitative estimate of drug-likeness (QED) is 0.223. The van der Waals surface area contributed by atoms with E-state index in [9.17, 15) is 9.90 Å². The van der Waals surface area contributed by atoms with Crippen molar-refractivity contribution in [3.8, 4) is 11.6 Å². The number of nitrogens with one attached hydrogen (secondary N) is 1. The molecule has 0 fully saturated rings. The van der Waals surface area contributed by atoms with Crippen LogP contribution in [0.25, 0.3) is 5.82 Å². The third kappa shape index (κ3) is 7.17. The average molecular weight is 541 g/mol. The predicted molar refractivity (Wildman–Crippen MR) is 159 cm³/mol. The summed E-state index contributed by atoms with van der Waals surface area (Å²) in [5, 5.41) is 14.2. The number of aliphatic hydroxyl groups excluding tert-OH is 1. The summed E-state index contributed by atoms with van der Waals surface area (Å²) in [4.78, 5) is 17.0. The fraction of sp³-hybridized carbons (Fsp3) is 0.333. The number of ether oxygens (including phenoxy) is 1. The summed E-state index contributed by atoms with van der Waals surface area (Å²) >= 11 is 0. The normalized spacial score (nSPS) is 13.5. The van der Waals surface area contributed by atoms with Crippen molar-refractivity contribution in [2.75, 3.05) is 13.2 Å². The molecule has 1 amide bonds. The van der Waals surface area contributed by atoms with Crippen LogP contribution in [0, 0.1) is 13.8 Å². The molecule has 7 heteroatoms. The lowest BCUT2D eigenvalue weighted by Gasteiger charge is -2.20. The lowest BCUT2D eigenvalue weighted by Crippen LogP contribution is -2.32. The van der Waals surface area contributed by atoms with Crippen molar-refractivity contribution in [1.29, 1.82) is 0 Å². The molecule has 4 N–H and O–H groups in total. The van der Waals surface area contributed by atoms with Gasteiger partial charge in [0.2, 0.25) is 5.91 Å². The summed E-state index contributed by atoms with van der Waals surface area (Å²) < 4.78 is 7.84. The second-order valence-electron chi connectivity index (χ2n) is 10.4. The number of rotatable bonds is 13. The van der Waals surface area contributed by atoms with E-state index in [0.717, 1.165) is 51.6 Å². The molecule has 2 aromatic heterocycles. The molecule has 210 valence electrons. The van der Waals surface area contributed by atoms with Gasteiger partial charge in [0.25, 0.3) is 0 Å². The van der Waals surface area contributed by atoms with E-state index in [1.54, 1.807) is 6.20 Å². The molecule has 0 aliphatic heterocycles. The molecule has 0 aliphatic rings. The summed E-state index contributed by atoms with van der Waals surface area (Å²) in [6.45, 7) is 9.09. The van der Waals surface area contributed by atoms with E-state index in [-0.39, 0.29) is 11.9 Å². The van der Waals surface area contributed by atoms with Crippen LogP contribution in [-0.2, 0) is 17.6 Å². The number of carbonyl (C=O) groups excluding carboxylic acids is 1. The molecule has 2 heterocycles. The monoisotopic (exact) mass is 540 g/mol. The van der Waals surface area contributed by atoms with E-state index in [1.165, 1.54) is 0 Å². The number of benzene rings is 2. The minimum Gasteiger partial charge on any atom is -0.494 e. The number of hydrogen-bond acceptors (Lipinski definition) is 5. The molecule has 4 aromatic rings. The molecule has 2 aromatic carbocycles. The molecule has 0 spiro atoms. The van der Waals surface area contributed by atoms with E-state index < -0.39 is 12.0 Å². The van der Waals surface area contributed by atoms with Crippen molar-refractivity contribution >= 4 is 5.91 Å². The molecule has 40 heavy (non-hydrogen) atoms. The Bertz CT molecular complexity index is 1390. The average Bonchev–Trinajstić information content (AvgIpc) is 3.28. The Morgan fingerprint density at radius 1 is 1.00 bits per heavy atom. The third-order valence-corrected chi connectivity index (χ3v) is 7.25. The van der Waals surface area contributed by atoms with Crippen LogP contribution in [0.4, 0.5) is 0 Å². The Morgan fingerprint density at radius 3 is 2.42 bits per heavy atom. The van der Waals surface area contributed by atoms with Gasteiger partial charge in [0.15, 0.2) is 0 Å². The van der Waals surface area contributed by atoms with Crippen LogP contribution in [-0.4, -0.2) is 39.8 Å². The van der Waals surface area contributed by atoms with Crippen LogP contribution < -0.4 is 15.8 Å². The van der Waals surface area contributed by atoms with Crippen LogP contribution >= 0.6 is 0 Å². The fourth-order valence-electron chi connectivity index (χ4n) is 5.12. The summed E-state index contributed by atoms with van der Waals surface area (Å²) in [6.07, 6.45) is 2.28. The van der Waals surface area contributed by atoms with Gasteiger partial charge in [-0.15, -0.1) is 0 Å². The molecule has 0 saturated heterocycles. The van der Waals surface area contributed by atoms with Gasteiger partial charge in [0.05, 0.1) is 18.6 Å². The van der Waals surface area contributed by atoms with Crippen LogP contribution in [0.5, 0.6) is 5.75 Å². The topological polar surface area (TPSA) is 102 Å². The first-order chi connectivity index (χ1) is 19.3.